The van der Waals surface area contributed by atoms with Gasteiger partial charge in [0.1, 0.15) is 30.1 Å². The van der Waals surface area contributed by atoms with Crippen molar-refractivity contribution < 1.29 is 23.8 Å². The summed E-state index contributed by atoms with van der Waals surface area (Å²) in [5.74, 6) is 0.223. The molecule has 3 aromatic rings. The summed E-state index contributed by atoms with van der Waals surface area (Å²) < 4.78 is 16.5. The predicted molar refractivity (Wildman–Crippen MR) is 139 cm³/mol. The summed E-state index contributed by atoms with van der Waals surface area (Å²) in [6.45, 7) is 7.29. The van der Waals surface area contributed by atoms with Crippen LogP contribution in [0.2, 0.25) is 0 Å². The number of rotatable bonds is 8. The zero-order valence-electron chi connectivity index (χ0n) is 21.8. The van der Waals surface area contributed by atoms with Crippen LogP contribution in [0.25, 0.3) is 0 Å². The first kappa shape index (κ1) is 25.9. The first-order chi connectivity index (χ1) is 17.6. The van der Waals surface area contributed by atoms with Gasteiger partial charge in [-0.2, -0.15) is 4.98 Å². The minimum atomic E-state index is -0.651. The summed E-state index contributed by atoms with van der Waals surface area (Å²) in [7, 11) is 1.60. The molecule has 0 radical (unpaired) electrons. The van der Waals surface area contributed by atoms with Crippen molar-refractivity contribution in [3.63, 3.8) is 0 Å². The van der Waals surface area contributed by atoms with Crippen LogP contribution in [0.15, 0.2) is 54.7 Å². The van der Waals surface area contributed by atoms with E-state index in [1.165, 1.54) is 11.8 Å². The maximum Gasteiger partial charge on any atom is 0.325 e. The number of para-hydroxylation sites is 1. The summed E-state index contributed by atoms with van der Waals surface area (Å²) in [6, 6.07) is 15.7. The van der Waals surface area contributed by atoms with Gasteiger partial charge in [0.2, 0.25) is 11.8 Å². The smallest absolute Gasteiger partial charge is 0.325 e. The number of anilines is 2. The molecule has 1 aromatic heterocycles. The number of ether oxygens (including phenoxy) is 3. The number of hydrogen-bond donors (Lipinski definition) is 1. The second kappa shape index (κ2) is 10.9. The number of methoxy groups -OCH3 is 1. The molecule has 37 heavy (non-hydrogen) atoms. The van der Waals surface area contributed by atoms with E-state index in [0.29, 0.717) is 5.95 Å². The van der Waals surface area contributed by atoms with Gasteiger partial charge in [-0.05, 0) is 63.4 Å². The Bertz CT molecular complexity index is 1270. The SMILES string of the molecule is COc1ccc(COc2nc(N3c4ccccc4CC3C)ncc2C(=O)NCC(=O)OC(C)(C)C)cc1. The van der Waals surface area contributed by atoms with Crippen molar-refractivity contribution >= 4 is 23.5 Å². The fourth-order valence-electron chi connectivity index (χ4n) is 4.11. The van der Waals surface area contributed by atoms with Gasteiger partial charge in [0, 0.05) is 17.9 Å². The molecule has 0 bridgehead atoms. The Labute approximate surface area is 216 Å². The zero-order valence-corrected chi connectivity index (χ0v) is 21.8. The third-order valence-electron chi connectivity index (χ3n) is 5.76. The molecule has 1 unspecified atom stereocenters. The second-order valence-electron chi connectivity index (χ2n) is 9.85. The fourth-order valence-corrected chi connectivity index (χ4v) is 4.11. The van der Waals surface area contributed by atoms with Gasteiger partial charge in [-0.1, -0.05) is 30.3 Å². The molecule has 194 valence electrons. The summed E-state index contributed by atoms with van der Waals surface area (Å²) in [5.41, 5.74) is 2.58. The lowest BCUT2D eigenvalue weighted by atomic mass is 10.1. The van der Waals surface area contributed by atoms with Gasteiger partial charge < -0.3 is 24.4 Å². The molecular weight excluding hydrogens is 472 g/mol. The van der Waals surface area contributed by atoms with Crippen LogP contribution in [0.1, 0.15) is 49.2 Å². The van der Waals surface area contributed by atoms with Crippen LogP contribution in [-0.4, -0.2) is 47.1 Å². The highest BCUT2D eigenvalue weighted by molar-refractivity contribution is 5.97. The highest BCUT2D eigenvalue weighted by atomic mass is 16.6. The van der Waals surface area contributed by atoms with E-state index in [9.17, 15) is 9.59 Å². The molecule has 0 fully saturated rings. The van der Waals surface area contributed by atoms with Crippen molar-refractivity contribution in [1.29, 1.82) is 0 Å². The molecule has 9 nitrogen and oxygen atoms in total. The Kier molecular flexibility index (Phi) is 7.61. The topological polar surface area (TPSA) is 103 Å². The molecule has 0 saturated heterocycles. The van der Waals surface area contributed by atoms with Crippen molar-refractivity contribution in [2.75, 3.05) is 18.6 Å². The van der Waals surface area contributed by atoms with Crippen LogP contribution in [0.3, 0.4) is 0 Å². The van der Waals surface area contributed by atoms with E-state index >= 15 is 0 Å². The van der Waals surface area contributed by atoms with Crippen LogP contribution in [0, 0.1) is 0 Å². The minimum absolute atomic E-state index is 0.124. The van der Waals surface area contributed by atoms with Crippen molar-refractivity contribution in [1.82, 2.24) is 15.3 Å². The van der Waals surface area contributed by atoms with Crippen molar-refractivity contribution in [3.05, 3.63) is 71.4 Å². The predicted octanol–water partition coefficient (Wildman–Crippen LogP) is 4.22. The fraction of sp³-hybridized carbons (Fsp3) is 0.357. The zero-order chi connectivity index (χ0) is 26.6. The molecule has 0 aliphatic carbocycles. The number of nitrogens with one attached hydrogen (secondary N) is 1. The van der Waals surface area contributed by atoms with Crippen LogP contribution < -0.4 is 19.7 Å². The molecule has 1 aliphatic rings. The summed E-state index contributed by atoms with van der Waals surface area (Å²) >= 11 is 0. The normalized spacial score (nSPS) is 14.6. The van der Waals surface area contributed by atoms with Gasteiger partial charge >= 0.3 is 5.97 Å². The van der Waals surface area contributed by atoms with Crippen LogP contribution in [-0.2, 0) is 22.6 Å². The van der Waals surface area contributed by atoms with Gasteiger partial charge in [-0.3, -0.25) is 9.59 Å². The van der Waals surface area contributed by atoms with Gasteiger partial charge in [-0.15, -0.1) is 0 Å². The van der Waals surface area contributed by atoms with E-state index in [4.69, 9.17) is 14.2 Å². The number of amides is 1. The maximum absolute atomic E-state index is 13.0. The van der Waals surface area contributed by atoms with E-state index < -0.39 is 17.5 Å². The van der Waals surface area contributed by atoms with Crippen LogP contribution in [0.5, 0.6) is 11.6 Å². The summed E-state index contributed by atoms with van der Waals surface area (Å²) in [4.78, 5) is 36.3. The number of fused-ring (bicyclic) bond motifs is 1. The number of nitrogens with zero attached hydrogens (tertiary/aromatic N) is 3. The lowest BCUT2D eigenvalue weighted by molar-refractivity contribution is -0.153. The maximum atomic E-state index is 13.0. The first-order valence-corrected chi connectivity index (χ1v) is 12.1. The molecule has 0 saturated carbocycles. The number of hydrogen-bond acceptors (Lipinski definition) is 8. The highest BCUT2D eigenvalue weighted by Crippen LogP contribution is 2.37. The number of esters is 1. The molecule has 0 spiro atoms. The average Bonchev–Trinajstić information content (AvgIpc) is 3.20. The third kappa shape index (κ3) is 6.35. The second-order valence-corrected chi connectivity index (χ2v) is 9.85. The molecule has 1 N–H and O–H groups in total. The molecule has 2 heterocycles. The van der Waals surface area contributed by atoms with E-state index in [2.05, 4.69) is 28.3 Å². The van der Waals surface area contributed by atoms with Crippen LogP contribution >= 0.6 is 0 Å². The lowest BCUT2D eigenvalue weighted by Gasteiger charge is -2.23. The first-order valence-electron chi connectivity index (χ1n) is 12.1. The third-order valence-corrected chi connectivity index (χ3v) is 5.76. The lowest BCUT2D eigenvalue weighted by Crippen LogP contribution is -2.35. The van der Waals surface area contributed by atoms with Gasteiger partial charge in [0.15, 0.2) is 0 Å². The van der Waals surface area contributed by atoms with E-state index in [1.807, 2.05) is 47.4 Å². The summed E-state index contributed by atoms with van der Waals surface area (Å²) in [6.07, 6.45) is 2.30. The Morgan fingerprint density at radius 3 is 2.54 bits per heavy atom. The Morgan fingerprint density at radius 2 is 1.84 bits per heavy atom. The van der Waals surface area contributed by atoms with E-state index in [-0.39, 0.29) is 30.6 Å². The van der Waals surface area contributed by atoms with Gasteiger partial charge in [0.25, 0.3) is 5.91 Å². The van der Waals surface area contributed by atoms with Crippen molar-refractivity contribution in [2.45, 2.75) is 52.4 Å². The van der Waals surface area contributed by atoms with Crippen molar-refractivity contribution in [3.8, 4) is 11.6 Å². The largest absolute Gasteiger partial charge is 0.497 e. The number of aromatic nitrogens is 2. The van der Waals surface area contributed by atoms with Gasteiger partial charge in [-0.25, -0.2) is 4.98 Å². The molecule has 2 aromatic carbocycles. The minimum Gasteiger partial charge on any atom is -0.497 e. The number of carbonyl (C=O) groups excluding carboxylic acids is 2. The van der Waals surface area contributed by atoms with Crippen LogP contribution in [0.4, 0.5) is 11.6 Å². The molecule has 4 rings (SSSR count). The quantitative estimate of drug-likeness (QED) is 0.455. The Balaban J connectivity index is 1.59. The number of carbonyl (C=O) groups is 2. The Hall–Kier alpha value is -4.14. The standard InChI is InChI=1S/C28H32N4O5/c1-18-14-20-8-6-7-9-23(20)32(18)27-30-15-22(25(34)29-16-24(33)37-28(2,3)4)26(31-27)36-17-19-10-12-21(35-5)13-11-19/h6-13,15,18H,14,16-17H2,1-5H3,(H,29,34). The molecule has 1 aliphatic heterocycles. The molecular formula is C28H32N4O5. The number of benzene rings is 2. The molecule has 1 amide bonds. The molecule has 9 heteroatoms. The van der Waals surface area contributed by atoms with E-state index in [1.54, 1.807) is 27.9 Å². The highest BCUT2D eigenvalue weighted by Gasteiger charge is 2.30. The average molecular weight is 505 g/mol. The monoisotopic (exact) mass is 504 g/mol. The van der Waals surface area contributed by atoms with E-state index in [0.717, 1.165) is 23.4 Å². The summed E-state index contributed by atoms with van der Waals surface area (Å²) in [5, 5.41) is 2.58. The molecule has 1 atom stereocenters. The Morgan fingerprint density at radius 1 is 1.11 bits per heavy atom. The van der Waals surface area contributed by atoms with Gasteiger partial charge in [0.05, 0.1) is 7.11 Å². The van der Waals surface area contributed by atoms with Crippen molar-refractivity contribution in [2.24, 2.45) is 0 Å².